The molecule has 2 nitrogen and oxygen atoms in total. The van der Waals surface area contributed by atoms with Gasteiger partial charge in [-0.05, 0) is 31.2 Å². The van der Waals surface area contributed by atoms with Crippen molar-refractivity contribution in [2.75, 3.05) is 0 Å². The van der Waals surface area contributed by atoms with Crippen molar-refractivity contribution in [1.29, 1.82) is 0 Å². The molecule has 0 saturated heterocycles. The Hall–Kier alpha value is -2.07. The van der Waals surface area contributed by atoms with Gasteiger partial charge in [0.1, 0.15) is 5.82 Å². The highest BCUT2D eigenvalue weighted by atomic mass is 32.2. The number of rotatable bonds is 3. The number of para-hydroxylation sites is 1. The Balaban J connectivity index is 1.92. The largest absolute Gasteiger partial charge is 0.349 e. The van der Waals surface area contributed by atoms with Gasteiger partial charge in [0.2, 0.25) is 0 Å². The quantitative estimate of drug-likeness (QED) is 0.710. The molecule has 4 heteroatoms. The van der Waals surface area contributed by atoms with Crippen LogP contribution in [0.4, 0.5) is 4.39 Å². The fourth-order valence-electron chi connectivity index (χ4n) is 2.02. The second-order valence-electron chi connectivity index (χ2n) is 4.52. The summed E-state index contributed by atoms with van der Waals surface area (Å²) >= 11 is 1.32. The zero-order chi connectivity index (χ0) is 14.1. The zero-order valence-electron chi connectivity index (χ0n) is 10.8. The van der Waals surface area contributed by atoms with Crippen LogP contribution < -0.4 is 0 Å². The van der Waals surface area contributed by atoms with Gasteiger partial charge in [0.05, 0.1) is 5.03 Å². The number of aromatic amines is 1. The summed E-state index contributed by atoms with van der Waals surface area (Å²) < 4.78 is 14.0. The third-order valence-electron chi connectivity index (χ3n) is 3.06. The second-order valence-corrected chi connectivity index (χ2v) is 5.61. The van der Waals surface area contributed by atoms with Crippen molar-refractivity contribution in [2.24, 2.45) is 0 Å². The van der Waals surface area contributed by atoms with Crippen LogP contribution in [-0.4, -0.2) is 10.8 Å². The van der Waals surface area contributed by atoms with Crippen LogP contribution in [0, 0.1) is 5.82 Å². The van der Waals surface area contributed by atoms with E-state index in [1.807, 2.05) is 30.3 Å². The fourth-order valence-corrected chi connectivity index (χ4v) is 2.90. The molecule has 0 aliphatic rings. The van der Waals surface area contributed by atoms with E-state index < -0.39 is 0 Å². The normalized spacial score (nSPS) is 10.9. The van der Waals surface area contributed by atoms with Gasteiger partial charge in [0.15, 0.2) is 5.78 Å². The van der Waals surface area contributed by atoms with Gasteiger partial charge in [0, 0.05) is 21.4 Å². The number of Topliss-reactive ketones (excluding diaryl/α,β-unsaturated/α-hetero) is 1. The average molecular weight is 285 g/mol. The van der Waals surface area contributed by atoms with Gasteiger partial charge in [-0.3, -0.25) is 4.79 Å². The first-order valence-corrected chi connectivity index (χ1v) is 7.01. The Labute approximate surface area is 120 Å². The molecule has 0 bridgehead atoms. The molecule has 3 rings (SSSR count). The molecule has 0 amide bonds. The van der Waals surface area contributed by atoms with Crippen LogP contribution >= 0.6 is 11.8 Å². The first-order valence-electron chi connectivity index (χ1n) is 6.19. The van der Waals surface area contributed by atoms with Crippen molar-refractivity contribution in [3.05, 3.63) is 59.9 Å². The highest BCUT2D eigenvalue weighted by Crippen LogP contribution is 2.31. The maximum absolute atomic E-state index is 14.0. The standard InChI is InChI=1S/C16H12FNOS/c1-10(19)11-6-7-15(13(17)8-11)20-16-9-12-4-2-3-5-14(12)18-16/h2-9,18H,1H3. The molecular weight excluding hydrogens is 273 g/mol. The van der Waals surface area contributed by atoms with Crippen molar-refractivity contribution >= 4 is 28.4 Å². The minimum absolute atomic E-state index is 0.133. The molecule has 0 atom stereocenters. The Morgan fingerprint density at radius 2 is 1.95 bits per heavy atom. The van der Waals surface area contributed by atoms with E-state index in [4.69, 9.17) is 0 Å². The number of carbonyl (C=O) groups is 1. The number of hydrogen-bond acceptors (Lipinski definition) is 2. The molecule has 0 radical (unpaired) electrons. The first-order chi connectivity index (χ1) is 9.63. The number of benzene rings is 2. The molecule has 0 unspecified atom stereocenters. The van der Waals surface area contributed by atoms with Crippen molar-refractivity contribution in [2.45, 2.75) is 16.8 Å². The van der Waals surface area contributed by atoms with Crippen molar-refractivity contribution in [1.82, 2.24) is 4.98 Å². The second kappa shape index (κ2) is 5.13. The maximum Gasteiger partial charge on any atom is 0.159 e. The first kappa shape index (κ1) is 12.9. The summed E-state index contributed by atoms with van der Waals surface area (Å²) in [4.78, 5) is 14.9. The van der Waals surface area contributed by atoms with E-state index >= 15 is 0 Å². The van der Waals surface area contributed by atoms with Crippen LogP contribution in [0.25, 0.3) is 10.9 Å². The number of aromatic nitrogens is 1. The molecule has 0 saturated carbocycles. The van der Waals surface area contributed by atoms with E-state index in [1.54, 1.807) is 12.1 Å². The monoisotopic (exact) mass is 285 g/mol. The van der Waals surface area contributed by atoms with Crippen LogP contribution in [0.15, 0.2) is 58.5 Å². The summed E-state index contributed by atoms with van der Waals surface area (Å²) in [5, 5.41) is 1.97. The highest BCUT2D eigenvalue weighted by Gasteiger charge is 2.09. The molecule has 3 aromatic rings. The summed E-state index contributed by atoms with van der Waals surface area (Å²) in [6.45, 7) is 1.43. The van der Waals surface area contributed by atoms with E-state index in [0.29, 0.717) is 10.5 Å². The topological polar surface area (TPSA) is 32.9 Å². The van der Waals surface area contributed by atoms with Gasteiger partial charge < -0.3 is 4.98 Å². The lowest BCUT2D eigenvalue weighted by atomic mass is 10.1. The van der Waals surface area contributed by atoms with Crippen LogP contribution in [0.2, 0.25) is 0 Å². The Bertz CT molecular complexity index is 761. The Morgan fingerprint density at radius 3 is 2.65 bits per heavy atom. The van der Waals surface area contributed by atoms with Crippen LogP contribution in [0.5, 0.6) is 0 Å². The van der Waals surface area contributed by atoms with E-state index in [0.717, 1.165) is 15.9 Å². The Morgan fingerprint density at radius 1 is 1.15 bits per heavy atom. The number of ketones is 1. The SMILES string of the molecule is CC(=O)c1ccc(Sc2cc3ccccc3[nH]2)c(F)c1. The third-order valence-corrected chi connectivity index (χ3v) is 4.05. The zero-order valence-corrected chi connectivity index (χ0v) is 11.6. The summed E-state index contributed by atoms with van der Waals surface area (Å²) in [7, 11) is 0. The van der Waals surface area contributed by atoms with Crippen LogP contribution in [-0.2, 0) is 0 Å². The minimum atomic E-state index is -0.374. The number of nitrogens with one attached hydrogen (secondary N) is 1. The molecule has 1 N–H and O–H groups in total. The number of fused-ring (bicyclic) bond motifs is 1. The van der Waals surface area contributed by atoms with Crippen molar-refractivity contribution in [3.63, 3.8) is 0 Å². The molecule has 1 heterocycles. The van der Waals surface area contributed by atoms with Crippen LogP contribution in [0.1, 0.15) is 17.3 Å². The predicted octanol–water partition coefficient (Wildman–Crippen LogP) is 4.66. The molecule has 1 aromatic heterocycles. The molecule has 0 aliphatic heterocycles. The number of H-pyrrole nitrogens is 1. The van der Waals surface area contributed by atoms with Crippen molar-refractivity contribution < 1.29 is 9.18 Å². The average Bonchev–Trinajstić information content (AvgIpc) is 2.83. The van der Waals surface area contributed by atoms with Gasteiger partial charge in [-0.1, -0.05) is 36.0 Å². The van der Waals surface area contributed by atoms with Gasteiger partial charge in [-0.25, -0.2) is 4.39 Å². The molecule has 20 heavy (non-hydrogen) atoms. The number of halogens is 1. The smallest absolute Gasteiger partial charge is 0.159 e. The number of hydrogen-bond donors (Lipinski definition) is 1. The molecule has 100 valence electrons. The maximum atomic E-state index is 14.0. The third kappa shape index (κ3) is 2.47. The van der Waals surface area contributed by atoms with Crippen LogP contribution in [0.3, 0.4) is 0 Å². The van der Waals surface area contributed by atoms with E-state index in [1.165, 1.54) is 24.8 Å². The van der Waals surface area contributed by atoms with Gasteiger partial charge in [-0.2, -0.15) is 0 Å². The lowest BCUT2D eigenvalue weighted by Gasteiger charge is -2.02. The summed E-state index contributed by atoms with van der Waals surface area (Å²) in [6.07, 6.45) is 0. The molecular formula is C16H12FNOS. The molecule has 2 aromatic carbocycles. The number of carbonyl (C=O) groups excluding carboxylic acids is 1. The van der Waals surface area contributed by atoms with E-state index in [9.17, 15) is 9.18 Å². The Kier molecular flexibility index (Phi) is 3.32. The summed E-state index contributed by atoms with van der Waals surface area (Å²) in [5.41, 5.74) is 1.42. The molecule has 0 spiro atoms. The summed E-state index contributed by atoms with van der Waals surface area (Å²) in [5.74, 6) is -0.507. The highest BCUT2D eigenvalue weighted by molar-refractivity contribution is 7.99. The molecule has 0 fully saturated rings. The van der Waals surface area contributed by atoms with E-state index in [2.05, 4.69) is 4.98 Å². The predicted molar refractivity (Wildman–Crippen MR) is 78.8 cm³/mol. The van der Waals surface area contributed by atoms with Gasteiger partial charge >= 0.3 is 0 Å². The minimum Gasteiger partial charge on any atom is -0.349 e. The molecule has 0 aliphatic carbocycles. The lowest BCUT2D eigenvalue weighted by molar-refractivity contribution is 0.101. The van der Waals surface area contributed by atoms with Crippen molar-refractivity contribution in [3.8, 4) is 0 Å². The van der Waals surface area contributed by atoms with E-state index in [-0.39, 0.29) is 11.6 Å². The lowest BCUT2D eigenvalue weighted by Crippen LogP contribution is -1.93. The summed E-state index contributed by atoms with van der Waals surface area (Å²) in [6, 6.07) is 14.5. The van der Waals surface area contributed by atoms with Gasteiger partial charge in [-0.15, -0.1) is 0 Å². The fraction of sp³-hybridized carbons (Fsp3) is 0.0625. The van der Waals surface area contributed by atoms with Gasteiger partial charge in [0.25, 0.3) is 0 Å².